The largest absolute Gasteiger partial charge is 0.365 e. The van der Waals surface area contributed by atoms with Gasteiger partial charge in [0.1, 0.15) is 12.1 Å². The third-order valence-corrected chi connectivity index (χ3v) is 5.05. The third kappa shape index (κ3) is 2.89. The van der Waals surface area contributed by atoms with Crippen LogP contribution in [0.25, 0.3) is 5.65 Å². The lowest BCUT2D eigenvalue weighted by Crippen LogP contribution is -2.50. The summed E-state index contributed by atoms with van der Waals surface area (Å²) in [6, 6.07) is 3.88. The predicted molar refractivity (Wildman–Crippen MR) is 96.2 cm³/mol. The fourth-order valence-corrected chi connectivity index (χ4v) is 3.30. The lowest BCUT2D eigenvalue weighted by molar-refractivity contribution is 0.424. The zero-order chi connectivity index (χ0) is 17.5. The summed E-state index contributed by atoms with van der Waals surface area (Å²) in [6.07, 6.45) is 7.54. The van der Waals surface area contributed by atoms with E-state index >= 15 is 0 Å². The molecule has 0 unspecified atom stereocenters. The van der Waals surface area contributed by atoms with Gasteiger partial charge >= 0.3 is 0 Å². The standard InChI is InChI=1S/C17H20N8O/c26-17-16(18-5-6-23(17)8-12-1-2-12)19-7-13-9-24(10-13)15-4-3-14-21-20-11-25(14)22-15/h3-6,11-13H,1-2,7-10H2,(H,18,19). The first kappa shape index (κ1) is 15.3. The Hall–Kier alpha value is -2.97. The number of aromatic nitrogens is 6. The molecule has 1 aliphatic heterocycles. The first-order chi connectivity index (χ1) is 12.8. The quantitative estimate of drug-likeness (QED) is 0.696. The molecule has 2 fully saturated rings. The number of hydrogen-bond acceptors (Lipinski definition) is 7. The van der Waals surface area contributed by atoms with Gasteiger partial charge in [0.15, 0.2) is 11.5 Å². The molecule has 9 nitrogen and oxygen atoms in total. The molecule has 0 amide bonds. The minimum absolute atomic E-state index is 0.0182. The fraction of sp³-hybridized carbons (Fsp3) is 0.471. The molecule has 134 valence electrons. The van der Waals surface area contributed by atoms with Crippen molar-refractivity contribution in [3.8, 4) is 0 Å². The Morgan fingerprint density at radius 1 is 1.19 bits per heavy atom. The van der Waals surface area contributed by atoms with E-state index in [4.69, 9.17) is 0 Å². The molecule has 0 bridgehead atoms. The van der Waals surface area contributed by atoms with E-state index in [2.05, 4.69) is 30.5 Å². The molecule has 9 heteroatoms. The molecule has 1 saturated carbocycles. The van der Waals surface area contributed by atoms with Crippen LogP contribution in [-0.4, -0.2) is 49.0 Å². The summed E-state index contributed by atoms with van der Waals surface area (Å²) in [7, 11) is 0. The average molecular weight is 352 g/mol. The van der Waals surface area contributed by atoms with Crippen molar-refractivity contribution >= 4 is 17.3 Å². The monoisotopic (exact) mass is 352 g/mol. The molecule has 26 heavy (non-hydrogen) atoms. The number of rotatable bonds is 6. The molecule has 4 heterocycles. The van der Waals surface area contributed by atoms with Crippen molar-refractivity contribution in [3.63, 3.8) is 0 Å². The van der Waals surface area contributed by atoms with E-state index in [9.17, 15) is 4.79 Å². The summed E-state index contributed by atoms with van der Waals surface area (Å²) >= 11 is 0. The van der Waals surface area contributed by atoms with Crippen molar-refractivity contribution in [1.82, 2.24) is 29.4 Å². The second-order valence-corrected chi connectivity index (χ2v) is 7.15. The highest BCUT2D eigenvalue weighted by atomic mass is 16.1. The summed E-state index contributed by atoms with van der Waals surface area (Å²) in [5.74, 6) is 2.50. The number of hydrogen-bond donors (Lipinski definition) is 1. The second kappa shape index (κ2) is 6.08. The number of nitrogens with one attached hydrogen (secondary N) is 1. The highest BCUT2D eigenvalue weighted by molar-refractivity contribution is 5.47. The molecule has 0 aromatic carbocycles. The maximum Gasteiger partial charge on any atom is 0.293 e. The molecule has 2 aliphatic rings. The Morgan fingerprint density at radius 2 is 2.08 bits per heavy atom. The van der Waals surface area contributed by atoms with Gasteiger partial charge in [-0.25, -0.2) is 4.98 Å². The van der Waals surface area contributed by atoms with Gasteiger partial charge in [-0.3, -0.25) is 4.79 Å². The van der Waals surface area contributed by atoms with E-state index in [1.807, 2.05) is 12.1 Å². The van der Waals surface area contributed by atoms with E-state index in [0.717, 1.165) is 37.6 Å². The van der Waals surface area contributed by atoms with Gasteiger partial charge in [0.2, 0.25) is 0 Å². The van der Waals surface area contributed by atoms with Crippen molar-refractivity contribution in [2.45, 2.75) is 19.4 Å². The molecule has 1 N–H and O–H groups in total. The lowest BCUT2D eigenvalue weighted by atomic mass is 10.0. The summed E-state index contributed by atoms with van der Waals surface area (Å²) < 4.78 is 3.45. The Balaban J connectivity index is 1.18. The van der Waals surface area contributed by atoms with E-state index in [0.29, 0.717) is 17.7 Å². The fourth-order valence-electron chi connectivity index (χ4n) is 3.30. The summed E-state index contributed by atoms with van der Waals surface area (Å²) in [5.41, 5.74) is 0.723. The van der Waals surface area contributed by atoms with Gasteiger partial charge in [0.25, 0.3) is 5.56 Å². The molecule has 3 aromatic heterocycles. The molecule has 0 radical (unpaired) electrons. The zero-order valence-electron chi connectivity index (χ0n) is 14.3. The van der Waals surface area contributed by atoms with Crippen LogP contribution in [0.5, 0.6) is 0 Å². The highest BCUT2D eigenvalue weighted by Gasteiger charge is 2.28. The van der Waals surface area contributed by atoms with Crippen LogP contribution >= 0.6 is 0 Å². The molecular weight excluding hydrogens is 332 g/mol. The first-order valence-electron chi connectivity index (χ1n) is 8.97. The Kier molecular flexibility index (Phi) is 3.58. The predicted octanol–water partition coefficient (Wildman–Crippen LogP) is 0.639. The first-order valence-corrected chi connectivity index (χ1v) is 8.97. The molecular formula is C17H20N8O. The van der Waals surface area contributed by atoms with E-state index in [1.54, 1.807) is 27.8 Å². The molecule has 0 atom stereocenters. The normalized spacial score (nSPS) is 17.5. The SMILES string of the molecule is O=c1c(NCC2CN(c3ccc4nncn4n3)C2)nccn1CC1CC1. The summed E-state index contributed by atoms with van der Waals surface area (Å²) in [4.78, 5) is 18.9. The van der Waals surface area contributed by atoms with E-state index < -0.39 is 0 Å². The maximum absolute atomic E-state index is 12.4. The van der Waals surface area contributed by atoms with Crippen LogP contribution < -0.4 is 15.8 Å². The average Bonchev–Trinajstić information content (AvgIpc) is 3.30. The van der Waals surface area contributed by atoms with Crippen LogP contribution in [0.15, 0.2) is 35.6 Å². The minimum atomic E-state index is -0.0182. The Morgan fingerprint density at radius 3 is 2.92 bits per heavy atom. The molecule has 1 aliphatic carbocycles. The third-order valence-electron chi connectivity index (χ3n) is 5.05. The van der Waals surface area contributed by atoms with E-state index in [1.165, 1.54) is 12.8 Å². The van der Waals surface area contributed by atoms with Crippen molar-refractivity contribution in [2.75, 3.05) is 29.9 Å². The maximum atomic E-state index is 12.4. The Bertz CT molecular complexity index is 986. The Labute approximate surface area is 149 Å². The van der Waals surface area contributed by atoms with Gasteiger partial charge < -0.3 is 14.8 Å². The van der Waals surface area contributed by atoms with Crippen LogP contribution in [0, 0.1) is 11.8 Å². The smallest absolute Gasteiger partial charge is 0.293 e. The van der Waals surface area contributed by atoms with Gasteiger partial charge in [-0.05, 0) is 30.9 Å². The van der Waals surface area contributed by atoms with Crippen LogP contribution in [0.2, 0.25) is 0 Å². The van der Waals surface area contributed by atoms with Crippen LogP contribution in [0.1, 0.15) is 12.8 Å². The van der Waals surface area contributed by atoms with Gasteiger partial charge in [-0.15, -0.1) is 15.3 Å². The van der Waals surface area contributed by atoms with Gasteiger partial charge in [-0.2, -0.15) is 4.52 Å². The van der Waals surface area contributed by atoms with Crippen molar-refractivity contribution in [3.05, 3.63) is 41.2 Å². The van der Waals surface area contributed by atoms with Crippen molar-refractivity contribution < 1.29 is 0 Å². The number of anilines is 2. The minimum Gasteiger partial charge on any atom is -0.365 e. The number of fused-ring (bicyclic) bond motifs is 1. The number of nitrogens with zero attached hydrogens (tertiary/aromatic N) is 7. The highest BCUT2D eigenvalue weighted by Crippen LogP contribution is 2.30. The van der Waals surface area contributed by atoms with Gasteiger partial charge in [0, 0.05) is 44.5 Å². The van der Waals surface area contributed by atoms with Gasteiger partial charge in [0.05, 0.1) is 0 Å². The van der Waals surface area contributed by atoms with Crippen LogP contribution in [0.4, 0.5) is 11.6 Å². The molecule has 5 rings (SSSR count). The van der Waals surface area contributed by atoms with Crippen molar-refractivity contribution in [1.29, 1.82) is 0 Å². The second-order valence-electron chi connectivity index (χ2n) is 7.15. The molecule has 3 aromatic rings. The summed E-state index contributed by atoms with van der Waals surface area (Å²) in [5, 5.41) is 15.5. The zero-order valence-corrected chi connectivity index (χ0v) is 14.3. The molecule has 0 spiro atoms. The topological polar surface area (TPSA) is 93.2 Å². The lowest BCUT2D eigenvalue weighted by Gasteiger charge is -2.40. The molecule has 1 saturated heterocycles. The summed E-state index contributed by atoms with van der Waals surface area (Å²) in [6.45, 7) is 3.35. The van der Waals surface area contributed by atoms with Crippen LogP contribution in [0.3, 0.4) is 0 Å². The van der Waals surface area contributed by atoms with E-state index in [-0.39, 0.29) is 5.56 Å². The van der Waals surface area contributed by atoms with Gasteiger partial charge in [-0.1, -0.05) is 0 Å². The van der Waals surface area contributed by atoms with Crippen molar-refractivity contribution in [2.24, 2.45) is 11.8 Å². The van der Waals surface area contributed by atoms with Crippen LogP contribution in [-0.2, 0) is 6.54 Å².